The maximum absolute atomic E-state index is 14.1. The number of hydrogen-bond donors (Lipinski definition) is 0. The number of benzene rings is 2. The smallest absolute Gasteiger partial charge is 0.147 e. The minimum atomic E-state index is -0.310. The van der Waals surface area contributed by atoms with Crippen LogP contribution in [0.2, 0.25) is 0 Å². The van der Waals surface area contributed by atoms with Gasteiger partial charge in [-0.15, -0.1) is 0 Å². The number of anilines is 1. The SMILES string of the molecule is N#Cc1ccc(N2CCc3ccccc3CC2)c(F)c1. The first-order valence-corrected chi connectivity index (χ1v) is 6.79. The third kappa shape index (κ3) is 2.37. The molecular formula is C17H15FN2. The Morgan fingerprint density at radius 1 is 1.00 bits per heavy atom. The highest BCUT2D eigenvalue weighted by Gasteiger charge is 2.16. The van der Waals surface area contributed by atoms with Crippen LogP contribution in [0.5, 0.6) is 0 Å². The van der Waals surface area contributed by atoms with E-state index in [9.17, 15) is 4.39 Å². The molecule has 0 saturated heterocycles. The Morgan fingerprint density at radius 3 is 2.20 bits per heavy atom. The third-order valence-electron chi connectivity index (χ3n) is 3.84. The molecule has 0 atom stereocenters. The lowest BCUT2D eigenvalue weighted by Crippen LogP contribution is -2.26. The Kier molecular flexibility index (Phi) is 3.39. The summed E-state index contributed by atoms with van der Waals surface area (Å²) in [6, 6.07) is 15.1. The number of fused-ring (bicyclic) bond motifs is 1. The molecule has 1 heterocycles. The fraction of sp³-hybridized carbons (Fsp3) is 0.235. The van der Waals surface area contributed by atoms with Crippen molar-refractivity contribution in [2.45, 2.75) is 12.8 Å². The Morgan fingerprint density at radius 2 is 1.65 bits per heavy atom. The van der Waals surface area contributed by atoms with E-state index in [4.69, 9.17) is 5.26 Å². The molecule has 0 spiro atoms. The second-order valence-electron chi connectivity index (χ2n) is 5.03. The van der Waals surface area contributed by atoms with Crippen molar-refractivity contribution in [3.63, 3.8) is 0 Å². The summed E-state index contributed by atoms with van der Waals surface area (Å²) in [5.41, 5.74) is 3.66. The van der Waals surface area contributed by atoms with Crippen molar-refractivity contribution in [3.8, 4) is 6.07 Å². The first kappa shape index (κ1) is 12.7. The van der Waals surface area contributed by atoms with Gasteiger partial charge in [0.05, 0.1) is 17.3 Å². The molecule has 0 bridgehead atoms. The predicted octanol–water partition coefficient (Wildman–Crippen LogP) is 3.30. The van der Waals surface area contributed by atoms with Crippen LogP contribution in [0.4, 0.5) is 10.1 Å². The average molecular weight is 266 g/mol. The second-order valence-corrected chi connectivity index (χ2v) is 5.03. The average Bonchev–Trinajstić information content (AvgIpc) is 2.70. The van der Waals surface area contributed by atoms with Gasteiger partial charge in [0.1, 0.15) is 5.82 Å². The van der Waals surface area contributed by atoms with Gasteiger partial charge in [-0.3, -0.25) is 0 Å². The quantitative estimate of drug-likeness (QED) is 0.792. The summed E-state index contributed by atoms with van der Waals surface area (Å²) < 4.78 is 14.1. The third-order valence-corrected chi connectivity index (χ3v) is 3.84. The maximum atomic E-state index is 14.1. The topological polar surface area (TPSA) is 27.0 Å². The normalized spacial score (nSPS) is 14.3. The number of nitrogens with zero attached hydrogens (tertiary/aromatic N) is 2. The van der Waals surface area contributed by atoms with Crippen LogP contribution in [0.25, 0.3) is 0 Å². The fourth-order valence-corrected chi connectivity index (χ4v) is 2.74. The van der Waals surface area contributed by atoms with Crippen LogP contribution in [0.3, 0.4) is 0 Å². The molecule has 2 aromatic rings. The molecule has 100 valence electrons. The van der Waals surface area contributed by atoms with E-state index in [1.54, 1.807) is 12.1 Å². The summed E-state index contributed by atoms with van der Waals surface area (Å²) in [6.07, 6.45) is 1.85. The first-order valence-electron chi connectivity index (χ1n) is 6.79. The largest absolute Gasteiger partial charge is 0.369 e. The molecule has 0 N–H and O–H groups in total. The zero-order chi connectivity index (χ0) is 13.9. The van der Waals surface area contributed by atoms with Crippen LogP contribution in [0.15, 0.2) is 42.5 Å². The number of hydrogen-bond acceptors (Lipinski definition) is 2. The summed E-state index contributed by atoms with van der Waals surface area (Å²) in [6.45, 7) is 1.61. The Labute approximate surface area is 118 Å². The summed E-state index contributed by atoms with van der Waals surface area (Å²) in [4.78, 5) is 2.07. The van der Waals surface area contributed by atoms with Crippen LogP contribution in [0.1, 0.15) is 16.7 Å². The molecule has 2 aromatic carbocycles. The maximum Gasteiger partial charge on any atom is 0.147 e. The van der Waals surface area contributed by atoms with Crippen molar-refractivity contribution in [2.24, 2.45) is 0 Å². The molecule has 0 unspecified atom stereocenters. The molecule has 0 fully saturated rings. The summed E-state index contributed by atoms with van der Waals surface area (Å²) in [5.74, 6) is -0.310. The molecule has 0 amide bonds. The van der Waals surface area contributed by atoms with Crippen molar-refractivity contribution in [3.05, 3.63) is 65.0 Å². The summed E-state index contributed by atoms with van der Waals surface area (Å²) in [7, 11) is 0. The van der Waals surface area contributed by atoms with E-state index in [1.165, 1.54) is 17.2 Å². The van der Waals surface area contributed by atoms with Gasteiger partial charge in [-0.25, -0.2) is 4.39 Å². The van der Waals surface area contributed by atoms with Crippen molar-refractivity contribution in [2.75, 3.05) is 18.0 Å². The lowest BCUT2D eigenvalue weighted by atomic mass is 10.0. The van der Waals surface area contributed by atoms with Gasteiger partial charge in [0.2, 0.25) is 0 Å². The monoisotopic (exact) mass is 266 g/mol. The molecule has 0 aromatic heterocycles. The number of rotatable bonds is 1. The fourth-order valence-electron chi connectivity index (χ4n) is 2.74. The highest BCUT2D eigenvalue weighted by atomic mass is 19.1. The lowest BCUT2D eigenvalue weighted by molar-refractivity contribution is 0.617. The van der Waals surface area contributed by atoms with E-state index in [1.807, 2.05) is 6.07 Å². The number of halogens is 1. The molecular weight excluding hydrogens is 251 g/mol. The molecule has 3 heteroatoms. The van der Waals surface area contributed by atoms with E-state index >= 15 is 0 Å². The van der Waals surface area contributed by atoms with Crippen LogP contribution in [-0.2, 0) is 12.8 Å². The van der Waals surface area contributed by atoms with Gasteiger partial charge in [0.15, 0.2) is 0 Å². The zero-order valence-corrected chi connectivity index (χ0v) is 11.1. The Balaban J connectivity index is 1.85. The molecule has 1 aliphatic heterocycles. The van der Waals surface area contributed by atoms with Crippen molar-refractivity contribution in [1.29, 1.82) is 5.26 Å². The van der Waals surface area contributed by atoms with Crippen molar-refractivity contribution >= 4 is 5.69 Å². The highest BCUT2D eigenvalue weighted by Crippen LogP contribution is 2.24. The second kappa shape index (κ2) is 5.34. The van der Waals surface area contributed by atoms with E-state index < -0.39 is 0 Å². The molecule has 0 radical (unpaired) electrons. The van der Waals surface area contributed by atoms with Crippen LogP contribution in [0, 0.1) is 17.1 Å². The van der Waals surface area contributed by atoms with Gasteiger partial charge in [0.25, 0.3) is 0 Å². The van der Waals surface area contributed by atoms with Crippen LogP contribution < -0.4 is 4.90 Å². The molecule has 20 heavy (non-hydrogen) atoms. The Hall–Kier alpha value is -2.34. The highest BCUT2D eigenvalue weighted by molar-refractivity contribution is 5.52. The van der Waals surface area contributed by atoms with Gasteiger partial charge < -0.3 is 4.90 Å². The van der Waals surface area contributed by atoms with E-state index in [0.717, 1.165) is 25.9 Å². The van der Waals surface area contributed by atoms with Gasteiger partial charge in [-0.1, -0.05) is 24.3 Å². The summed E-state index contributed by atoms with van der Waals surface area (Å²) >= 11 is 0. The van der Waals surface area contributed by atoms with Crippen LogP contribution >= 0.6 is 0 Å². The molecule has 2 nitrogen and oxygen atoms in total. The zero-order valence-electron chi connectivity index (χ0n) is 11.1. The van der Waals surface area contributed by atoms with Crippen molar-refractivity contribution < 1.29 is 4.39 Å². The van der Waals surface area contributed by atoms with Crippen LogP contribution in [-0.4, -0.2) is 13.1 Å². The van der Waals surface area contributed by atoms with E-state index in [-0.39, 0.29) is 5.82 Å². The van der Waals surface area contributed by atoms with Gasteiger partial charge in [0, 0.05) is 13.1 Å². The first-order chi connectivity index (χ1) is 9.78. The van der Waals surface area contributed by atoms with E-state index in [2.05, 4.69) is 29.2 Å². The minimum absolute atomic E-state index is 0.310. The van der Waals surface area contributed by atoms with Crippen molar-refractivity contribution in [1.82, 2.24) is 0 Å². The molecule has 1 aliphatic rings. The molecule has 3 rings (SSSR count). The molecule has 0 saturated carbocycles. The predicted molar refractivity (Wildman–Crippen MR) is 77.2 cm³/mol. The van der Waals surface area contributed by atoms with Gasteiger partial charge >= 0.3 is 0 Å². The standard InChI is InChI=1S/C17H15FN2/c18-16-11-13(12-19)5-6-17(16)20-9-7-14-3-1-2-4-15(14)8-10-20/h1-6,11H,7-10H2. The summed E-state index contributed by atoms with van der Waals surface area (Å²) in [5, 5.41) is 8.80. The van der Waals surface area contributed by atoms with E-state index in [0.29, 0.717) is 11.3 Å². The lowest BCUT2D eigenvalue weighted by Gasteiger charge is -2.23. The number of nitriles is 1. The van der Waals surface area contributed by atoms with Gasteiger partial charge in [-0.05, 0) is 42.2 Å². The minimum Gasteiger partial charge on any atom is -0.369 e. The Bertz CT molecular complexity index is 646. The molecule has 0 aliphatic carbocycles. The van der Waals surface area contributed by atoms with Gasteiger partial charge in [-0.2, -0.15) is 5.26 Å².